The Morgan fingerprint density at radius 2 is 1.76 bits per heavy atom. The molecule has 21 heavy (non-hydrogen) atoms. The Kier molecular flexibility index (Phi) is 3.27. The molecule has 0 fully saturated rings. The number of hydrogen-bond donors (Lipinski definition) is 1. The third-order valence-corrected chi connectivity index (χ3v) is 3.31. The molecule has 6 heteroatoms. The maximum atomic E-state index is 9.39. The lowest BCUT2D eigenvalue weighted by molar-refractivity contribution is 0.475. The summed E-state index contributed by atoms with van der Waals surface area (Å²) >= 11 is 0. The average molecular weight is 281 g/mol. The molecule has 0 aliphatic carbocycles. The number of aromatic nitrogens is 4. The third-order valence-electron chi connectivity index (χ3n) is 3.31. The van der Waals surface area contributed by atoms with Gasteiger partial charge in [-0.25, -0.2) is 4.68 Å². The fraction of sp³-hybridized carbons (Fsp3) is 0.133. The van der Waals surface area contributed by atoms with Crippen molar-refractivity contribution < 1.29 is 5.11 Å². The normalized spacial score (nSPS) is 11.3. The van der Waals surface area contributed by atoms with Gasteiger partial charge in [0.05, 0.1) is 6.21 Å². The second-order valence-electron chi connectivity index (χ2n) is 4.76. The van der Waals surface area contributed by atoms with Crippen LogP contribution in [0.15, 0.2) is 48.1 Å². The highest BCUT2D eigenvalue weighted by Crippen LogP contribution is 2.21. The van der Waals surface area contributed by atoms with Gasteiger partial charge in [0.1, 0.15) is 18.4 Å². The van der Waals surface area contributed by atoms with Crippen molar-refractivity contribution in [2.24, 2.45) is 5.10 Å². The maximum absolute atomic E-state index is 9.39. The summed E-state index contributed by atoms with van der Waals surface area (Å²) in [6.07, 6.45) is 4.86. The smallest absolute Gasteiger partial charge is 0.141 e. The zero-order valence-electron chi connectivity index (χ0n) is 11.8. The Morgan fingerprint density at radius 1 is 1.10 bits per heavy atom. The van der Waals surface area contributed by atoms with Gasteiger partial charge in [-0.1, -0.05) is 0 Å². The molecular formula is C15H15N5O. The molecule has 2 aromatic heterocycles. The van der Waals surface area contributed by atoms with Crippen LogP contribution in [0.1, 0.15) is 17.0 Å². The van der Waals surface area contributed by atoms with E-state index in [1.54, 1.807) is 23.0 Å². The Hall–Kier alpha value is -2.89. The summed E-state index contributed by atoms with van der Waals surface area (Å²) in [6, 6.07) is 9.19. The average Bonchev–Trinajstić information content (AvgIpc) is 3.07. The molecule has 0 amide bonds. The number of rotatable bonds is 3. The molecule has 106 valence electrons. The molecule has 0 aliphatic heterocycles. The van der Waals surface area contributed by atoms with E-state index < -0.39 is 0 Å². The van der Waals surface area contributed by atoms with Crippen molar-refractivity contribution in [3.05, 3.63) is 59.9 Å². The highest BCUT2D eigenvalue weighted by Gasteiger charge is 2.09. The SMILES string of the molecule is Cc1cc(/C=N\n2cnnc2)c(C)n1-c1ccc(O)cc1. The first-order chi connectivity index (χ1) is 10.1. The van der Waals surface area contributed by atoms with E-state index >= 15 is 0 Å². The van der Waals surface area contributed by atoms with E-state index in [0.29, 0.717) is 0 Å². The van der Waals surface area contributed by atoms with Crippen LogP contribution in [0, 0.1) is 13.8 Å². The summed E-state index contributed by atoms with van der Waals surface area (Å²) in [6.45, 7) is 4.07. The minimum absolute atomic E-state index is 0.260. The zero-order chi connectivity index (χ0) is 14.8. The van der Waals surface area contributed by atoms with Crippen molar-refractivity contribution in [1.29, 1.82) is 0 Å². The zero-order valence-corrected chi connectivity index (χ0v) is 11.8. The molecular weight excluding hydrogens is 266 g/mol. The van der Waals surface area contributed by atoms with Gasteiger partial charge in [0.15, 0.2) is 0 Å². The van der Waals surface area contributed by atoms with E-state index in [0.717, 1.165) is 22.6 Å². The van der Waals surface area contributed by atoms with Crippen LogP contribution in [0.3, 0.4) is 0 Å². The van der Waals surface area contributed by atoms with Crippen LogP contribution in [0.2, 0.25) is 0 Å². The van der Waals surface area contributed by atoms with Gasteiger partial charge in [0, 0.05) is 22.6 Å². The van der Waals surface area contributed by atoms with Crippen LogP contribution in [0.5, 0.6) is 5.75 Å². The number of benzene rings is 1. The first kappa shape index (κ1) is 13.1. The fourth-order valence-corrected chi connectivity index (χ4v) is 2.30. The first-order valence-electron chi connectivity index (χ1n) is 6.52. The Labute approximate surface area is 122 Å². The van der Waals surface area contributed by atoms with Crippen LogP contribution in [0.4, 0.5) is 0 Å². The van der Waals surface area contributed by atoms with Crippen LogP contribution in [0.25, 0.3) is 5.69 Å². The van der Waals surface area contributed by atoms with E-state index in [1.807, 2.05) is 26.0 Å². The lowest BCUT2D eigenvalue weighted by atomic mass is 10.2. The highest BCUT2D eigenvalue weighted by atomic mass is 16.3. The van der Waals surface area contributed by atoms with Gasteiger partial charge in [0.2, 0.25) is 0 Å². The number of aromatic hydroxyl groups is 1. The lowest BCUT2D eigenvalue weighted by Gasteiger charge is -2.09. The molecule has 1 aromatic carbocycles. The van der Waals surface area contributed by atoms with E-state index in [2.05, 4.69) is 25.9 Å². The summed E-state index contributed by atoms with van der Waals surface area (Å²) in [7, 11) is 0. The molecule has 0 atom stereocenters. The summed E-state index contributed by atoms with van der Waals surface area (Å²) < 4.78 is 3.67. The van der Waals surface area contributed by atoms with E-state index in [-0.39, 0.29) is 5.75 Å². The Bertz CT molecular complexity index is 769. The summed E-state index contributed by atoms with van der Waals surface area (Å²) in [5.74, 6) is 0.260. The summed E-state index contributed by atoms with van der Waals surface area (Å²) in [4.78, 5) is 0. The first-order valence-corrected chi connectivity index (χ1v) is 6.52. The van der Waals surface area contributed by atoms with E-state index in [9.17, 15) is 5.11 Å². The van der Waals surface area contributed by atoms with Gasteiger partial charge in [-0.15, -0.1) is 10.2 Å². The Balaban J connectivity index is 1.98. The van der Waals surface area contributed by atoms with Gasteiger partial charge in [0.25, 0.3) is 0 Å². The molecule has 0 radical (unpaired) electrons. The van der Waals surface area contributed by atoms with Crippen molar-refractivity contribution in [2.75, 3.05) is 0 Å². The third kappa shape index (κ3) is 2.55. The molecule has 0 saturated heterocycles. The second kappa shape index (κ2) is 5.24. The van der Waals surface area contributed by atoms with Gasteiger partial charge >= 0.3 is 0 Å². The largest absolute Gasteiger partial charge is 0.508 e. The van der Waals surface area contributed by atoms with Crippen LogP contribution in [-0.2, 0) is 0 Å². The van der Waals surface area contributed by atoms with Crippen LogP contribution in [-0.4, -0.2) is 30.8 Å². The predicted octanol–water partition coefficient (Wildman–Crippen LogP) is 2.27. The number of nitrogens with zero attached hydrogens (tertiary/aromatic N) is 5. The van der Waals surface area contributed by atoms with Gasteiger partial charge in [-0.2, -0.15) is 5.10 Å². The second-order valence-corrected chi connectivity index (χ2v) is 4.76. The molecule has 6 nitrogen and oxygen atoms in total. The van der Waals surface area contributed by atoms with Crippen LogP contribution < -0.4 is 0 Å². The van der Waals surface area contributed by atoms with E-state index in [4.69, 9.17) is 0 Å². The highest BCUT2D eigenvalue weighted by molar-refractivity contribution is 5.82. The molecule has 0 spiro atoms. The molecule has 0 bridgehead atoms. The molecule has 3 aromatic rings. The van der Waals surface area contributed by atoms with Crippen molar-refractivity contribution >= 4 is 6.21 Å². The minimum Gasteiger partial charge on any atom is -0.508 e. The van der Waals surface area contributed by atoms with Crippen molar-refractivity contribution in [2.45, 2.75) is 13.8 Å². The summed E-state index contributed by atoms with van der Waals surface area (Å²) in [5, 5.41) is 21.1. The molecule has 3 rings (SSSR count). The van der Waals surface area contributed by atoms with Crippen molar-refractivity contribution in [1.82, 2.24) is 19.4 Å². The standard InChI is InChI=1S/C15H15N5O/c1-11-7-13(8-18-19-9-16-17-10-19)12(2)20(11)14-3-5-15(21)6-4-14/h3-10,21H,1-2H3/b18-8-. The van der Waals surface area contributed by atoms with Gasteiger partial charge < -0.3 is 9.67 Å². The quantitative estimate of drug-likeness (QED) is 0.749. The molecule has 0 aliphatic rings. The number of phenols is 1. The van der Waals surface area contributed by atoms with Gasteiger partial charge in [-0.05, 0) is 44.2 Å². The monoisotopic (exact) mass is 281 g/mol. The molecule has 1 N–H and O–H groups in total. The van der Waals surface area contributed by atoms with Crippen molar-refractivity contribution in [3.63, 3.8) is 0 Å². The predicted molar refractivity (Wildman–Crippen MR) is 79.9 cm³/mol. The molecule has 0 unspecified atom stereocenters. The number of phenolic OH excluding ortho intramolecular Hbond substituents is 1. The lowest BCUT2D eigenvalue weighted by Crippen LogP contribution is -1.99. The van der Waals surface area contributed by atoms with Crippen molar-refractivity contribution in [3.8, 4) is 11.4 Å². The minimum atomic E-state index is 0.260. The maximum Gasteiger partial charge on any atom is 0.141 e. The number of hydrogen-bond acceptors (Lipinski definition) is 4. The molecule has 0 saturated carbocycles. The van der Waals surface area contributed by atoms with Crippen LogP contribution >= 0.6 is 0 Å². The Morgan fingerprint density at radius 3 is 2.43 bits per heavy atom. The number of aryl methyl sites for hydroxylation is 1. The molecule has 2 heterocycles. The van der Waals surface area contributed by atoms with E-state index in [1.165, 1.54) is 12.7 Å². The topological polar surface area (TPSA) is 68.2 Å². The fourth-order valence-electron chi connectivity index (χ4n) is 2.30. The van der Waals surface area contributed by atoms with Gasteiger partial charge in [-0.3, -0.25) is 0 Å². The summed E-state index contributed by atoms with van der Waals surface area (Å²) in [5.41, 5.74) is 4.21.